The molecular formula is C9H13N3O3S. The number of methoxy groups -OCH3 is 1. The molecule has 2 N–H and O–H groups in total. The van der Waals surface area contributed by atoms with Crippen LogP contribution in [0, 0.1) is 6.92 Å². The lowest BCUT2D eigenvalue weighted by atomic mass is 10.4. The molecular weight excluding hydrogens is 230 g/mol. The highest BCUT2D eigenvalue weighted by Crippen LogP contribution is 2.22. The normalized spacial score (nSPS) is 9.94. The van der Waals surface area contributed by atoms with E-state index >= 15 is 0 Å². The Morgan fingerprint density at radius 1 is 1.50 bits per heavy atom. The van der Waals surface area contributed by atoms with Crippen molar-refractivity contribution in [1.29, 1.82) is 0 Å². The largest absolute Gasteiger partial charge is 0.465 e. The van der Waals surface area contributed by atoms with Crippen LogP contribution in [0.25, 0.3) is 0 Å². The number of nitrogens with one attached hydrogen (secondary N) is 2. The number of hydrogen-bond donors (Lipinski definition) is 2. The van der Waals surface area contributed by atoms with Crippen LogP contribution < -0.4 is 10.6 Å². The summed E-state index contributed by atoms with van der Waals surface area (Å²) in [5.74, 6) is -0.642. The summed E-state index contributed by atoms with van der Waals surface area (Å²) in [7, 11) is 2.98. The first kappa shape index (κ1) is 12.6. The van der Waals surface area contributed by atoms with Gasteiger partial charge in [0.25, 0.3) is 0 Å². The Labute approximate surface area is 97.0 Å². The highest BCUT2D eigenvalue weighted by Gasteiger charge is 2.16. The van der Waals surface area contributed by atoms with Crippen molar-refractivity contribution in [3.63, 3.8) is 0 Å². The van der Waals surface area contributed by atoms with Crippen molar-refractivity contribution < 1.29 is 14.3 Å². The summed E-state index contributed by atoms with van der Waals surface area (Å²) in [6.45, 7) is 1.89. The number of anilines is 1. The molecule has 0 saturated heterocycles. The second kappa shape index (κ2) is 5.57. The second-order valence-corrected chi connectivity index (χ2v) is 4.00. The number of amides is 1. The molecule has 0 atom stereocenters. The van der Waals surface area contributed by atoms with Gasteiger partial charge in [0.15, 0.2) is 5.13 Å². The molecule has 1 aromatic rings. The number of carbonyl (C=O) groups is 2. The Balaban J connectivity index is 2.77. The van der Waals surface area contributed by atoms with Crippen molar-refractivity contribution >= 4 is 28.3 Å². The zero-order chi connectivity index (χ0) is 12.1. The average Bonchev–Trinajstić information content (AvgIpc) is 2.58. The molecule has 1 heterocycles. The van der Waals surface area contributed by atoms with E-state index in [0.717, 1.165) is 11.3 Å². The van der Waals surface area contributed by atoms with Crippen LogP contribution in [0.3, 0.4) is 0 Å². The molecule has 88 valence electrons. The van der Waals surface area contributed by atoms with Crippen molar-refractivity contribution in [2.75, 3.05) is 26.0 Å². The molecule has 6 nitrogen and oxygen atoms in total. The molecule has 16 heavy (non-hydrogen) atoms. The second-order valence-electron chi connectivity index (χ2n) is 3.00. The van der Waals surface area contributed by atoms with Crippen LogP contribution in [0.1, 0.15) is 15.4 Å². The van der Waals surface area contributed by atoms with Crippen molar-refractivity contribution in [3.8, 4) is 0 Å². The van der Waals surface area contributed by atoms with Gasteiger partial charge in [0.05, 0.1) is 19.3 Å². The molecule has 0 aliphatic carbocycles. The lowest BCUT2D eigenvalue weighted by Gasteiger charge is -1.98. The highest BCUT2D eigenvalue weighted by molar-refractivity contribution is 7.17. The van der Waals surface area contributed by atoms with Crippen LogP contribution >= 0.6 is 11.3 Å². The fourth-order valence-electron chi connectivity index (χ4n) is 1.06. The van der Waals surface area contributed by atoms with Crippen molar-refractivity contribution in [3.05, 3.63) is 10.6 Å². The molecule has 0 bridgehead atoms. The third kappa shape index (κ3) is 3.01. The van der Waals surface area contributed by atoms with Crippen LogP contribution in [0.5, 0.6) is 0 Å². The quantitative estimate of drug-likeness (QED) is 0.748. The fourth-order valence-corrected chi connectivity index (χ4v) is 1.96. The molecule has 0 aromatic carbocycles. The Morgan fingerprint density at radius 2 is 2.19 bits per heavy atom. The number of carbonyl (C=O) groups excluding carboxylic acids is 2. The Morgan fingerprint density at radius 3 is 2.75 bits per heavy atom. The Kier molecular flexibility index (Phi) is 4.39. The maximum absolute atomic E-state index is 11.3. The van der Waals surface area contributed by atoms with Gasteiger partial charge >= 0.3 is 5.97 Å². The first-order valence-electron chi connectivity index (χ1n) is 4.58. The number of aromatic nitrogens is 1. The van der Waals surface area contributed by atoms with Gasteiger partial charge in [-0.25, -0.2) is 9.78 Å². The summed E-state index contributed by atoms with van der Waals surface area (Å²) < 4.78 is 4.59. The van der Waals surface area contributed by atoms with Gasteiger partial charge in [-0.3, -0.25) is 4.79 Å². The molecule has 0 aliphatic heterocycles. The summed E-state index contributed by atoms with van der Waals surface area (Å²) in [5, 5.41) is 5.70. The number of aryl methyl sites for hydroxylation is 1. The van der Waals surface area contributed by atoms with Crippen LogP contribution in [0.2, 0.25) is 0 Å². The minimum absolute atomic E-state index is 0.201. The minimum atomic E-state index is -0.441. The van der Waals surface area contributed by atoms with Crippen LogP contribution in [-0.4, -0.2) is 37.6 Å². The number of ether oxygens (including phenoxy) is 1. The first-order chi connectivity index (χ1) is 7.58. The van der Waals surface area contributed by atoms with Gasteiger partial charge in [-0.15, -0.1) is 0 Å². The Bertz CT molecular complexity index is 403. The van der Waals surface area contributed by atoms with Gasteiger partial charge in [0.2, 0.25) is 5.91 Å². The van der Waals surface area contributed by atoms with Crippen LogP contribution in [0.15, 0.2) is 0 Å². The van der Waals surface area contributed by atoms with E-state index in [4.69, 9.17) is 0 Å². The van der Waals surface area contributed by atoms with Crippen LogP contribution in [0.4, 0.5) is 5.13 Å². The number of likely N-dealkylation sites (N-methyl/N-ethyl adjacent to an activating group) is 1. The first-order valence-corrected chi connectivity index (χ1v) is 5.40. The molecule has 1 amide bonds. The molecule has 0 fully saturated rings. The number of thiazole rings is 1. The average molecular weight is 243 g/mol. The van der Waals surface area contributed by atoms with E-state index in [1.165, 1.54) is 7.11 Å². The number of rotatable bonds is 4. The zero-order valence-corrected chi connectivity index (χ0v) is 10.1. The van der Waals surface area contributed by atoms with E-state index in [0.29, 0.717) is 15.7 Å². The summed E-state index contributed by atoms with van der Waals surface area (Å²) >= 11 is 1.10. The molecule has 0 spiro atoms. The van der Waals surface area contributed by atoms with E-state index in [-0.39, 0.29) is 12.5 Å². The smallest absolute Gasteiger partial charge is 0.350 e. The van der Waals surface area contributed by atoms with Gasteiger partial charge in [0, 0.05) is 0 Å². The summed E-state index contributed by atoms with van der Waals surface area (Å²) in [4.78, 5) is 27.0. The maximum Gasteiger partial charge on any atom is 0.350 e. The molecule has 7 heteroatoms. The summed E-state index contributed by atoms with van der Waals surface area (Å²) in [6, 6.07) is 0. The van der Waals surface area contributed by atoms with E-state index < -0.39 is 5.97 Å². The van der Waals surface area contributed by atoms with E-state index in [1.54, 1.807) is 14.0 Å². The predicted octanol–water partition coefficient (Wildman–Crippen LogP) is 0.396. The van der Waals surface area contributed by atoms with Crippen LogP contribution in [-0.2, 0) is 9.53 Å². The third-order valence-corrected chi connectivity index (χ3v) is 2.80. The lowest BCUT2D eigenvalue weighted by molar-refractivity contribution is -0.115. The van der Waals surface area contributed by atoms with Gasteiger partial charge in [-0.2, -0.15) is 0 Å². The monoisotopic (exact) mass is 243 g/mol. The zero-order valence-electron chi connectivity index (χ0n) is 9.29. The van der Waals surface area contributed by atoms with Crippen molar-refractivity contribution in [1.82, 2.24) is 10.3 Å². The maximum atomic E-state index is 11.3. The third-order valence-electron chi connectivity index (χ3n) is 1.75. The van der Waals surface area contributed by atoms with E-state index in [9.17, 15) is 9.59 Å². The van der Waals surface area contributed by atoms with Gasteiger partial charge in [-0.1, -0.05) is 11.3 Å². The van der Waals surface area contributed by atoms with E-state index in [1.807, 2.05) is 0 Å². The molecule has 0 saturated carbocycles. The molecule has 0 unspecified atom stereocenters. The predicted molar refractivity (Wildman–Crippen MR) is 60.7 cm³/mol. The Hall–Kier alpha value is -1.47. The van der Waals surface area contributed by atoms with Crippen molar-refractivity contribution in [2.24, 2.45) is 0 Å². The highest BCUT2D eigenvalue weighted by atomic mass is 32.1. The van der Waals surface area contributed by atoms with Gasteiger partial charge < -0.3 is 15.4 Å². The summed E-state index contributed by atoms with van der Waals surface area (Å²) in [5.41, 5.74) is 0.552. The van der Waals surface area contributed by atoms with Crippen molar-refractivity contribution in [2.45, 2.75) is 6.92 Å². The standard InChI is InChI=1S/C9H13N3O3S/c1-5-7(8(14)15-3)16-9(11-5)12-6(13)4-10-2/h10H,4H2,1-3H3,(H,11,12,13). The summed E-state index contributed by atoms with van der Waals surface area (Å²) in [6.07, 6.45) is 0. The lowest BCUT2D eigenvalue weighted by Crippen LogP contribution is -2.24. The molecule has 0 aliphatic rings. The SMILES string of the molecule is CNCC(=O)Nc1nc(C)c(C(=O)OC)s1. The number of nitrogens with zero attached hydrogens (tertiary/aromatic N) is 1. The van der Waals surface area contributed by atoms with Gasteiger partial charge in [-0.05, 0) is 14.0 Å². The fraction of sp³-hybridized carbons (Fsp3) is 0.444. The molecule has 0 radical (unpaired) electrons. The topological polar surface area (TPSA) is 80.3 Å². The number of hydrogen-bond acceptors (Lipinski definition) is 6. The van der Waals surface area contributed by atoms with Gasteiger partial charge in [0.1, 0.15) is 4.88 Å². The van der Waals surface area contributed by atoms with E-state index in [2.05, 4.69) is 20.4 Å². The molecule has 1 rings (SSSR count). The number of esters is 1. The minimum Gasteiger partial charge on any atom is -0.465 e. The molecule has 1 aromatic heterocycles.